The Morgan fingerprint density at radius 1 is 1.40 bits per heavy atom. The normalized spacial score (nSPS) is 26.4. The number of hydrogen-bond donors (Lipinski definition) is 2. The van der Waals surface area contributed by atoms with E-state index in [9.17, 15) is 9.18 Å². The molecule has 0 radical (unpaired) electrons. The highest BCUT2D eigenvalue weighted by atomic mass is 19.1. The molecule has 2 unspecified atom stereocenters. The number of halogens is 1. The third-order valence-corrected chi connectivity index (χ3v) is 4.47. The van der Waals surface area contributed by atoms with Crippen LogP contribution in [0.4, 0.5) is 4.39 Å². The molecule has 3 rings (SSSR count). The molecular weight excluding hydrogens is 257 g/mol. The molecule has 0 saturated carbocycles. The van der Waals surface area contributed by atoms with E-state index in [-0.39, 0.29) is 30.2 Å². The molecule has 2 heterocycles. The van der Waals surface area contributed by atoms with Crippen molar-refractivity contribution in [3.05, 3.63) is 35.1 Å². The molecule has 2 aliphatic heterocycles. The summed E-state index contributed by atoms with van der Waals surface area (Å²) in [5.41, 5.74) is 6.77. The molecule has 1 amide bonds. The van der Waals surface area contributed by atoms with Gasteiger partial charge in [-0.25, -0.2) is 4.39 Å². The van der Waals surface area contributed by atoms with E-state index in [1.165, 1.54) is 0 Å². The topological polar surface area (TPSA) is 58.4 Å². The fourth-order valence-corrected chi connectivity index (χ4v) is 3.37. The van der Waals surface area contributed by atoms with Crippen LogP contribution < -0.4 is 11.1 Å². The lowest BCUT2D eigenvalue weighted by molar-refractivity contribution is -0.124. The second kappa shape index (κ2) is 5.50. The van der Waals surface area contributed by atoms with Gasteiger partial charge >= 0.3 is 0 Å². The van der Waals surface area contributed by atoms with Gasteiger partial charge in [0.15, 0.2) is 0 Å². The van der Waals surface area contributed by atoms with Crippen LogP contribution in [0, 0.1) is 11.7 Å². The number of fused-ring (bicyclic) bond motifs is 1. The third kappa shape index (κ3) is 2.31. The molecule has 2 saturated heterocycles. The molecule has 0 aromatic heterocycles. The summed E-state index contributed by atoms with van der Waals surface area (Å²) in [6.07, 6.45) is 1.94. The number of hydrogen-bond acceptors (Lipinski definition) is 3. The van der Waals surface area contributed by atoms with E-state index in [0.29, 0.717) is 24.2 Å². The number of benzene rings is 1. The minimum atomic E-state index is -0.200. The summed E-state index contributed by atoms with van der Waals surface area (Å²) in [5, 5.41) is 2.92. The summed E-state index contributed by atoms with van der Waals surface area (Å²) in [4.78, 5) is 14.0. The zero-order chi connectivity index (χ0) is 14.1. The van der Waals surface area contributed by atoms with Crippen LogP contribution in [-0.2, 0) is 17.9 Å². The van der Waals surface area contributed by atoms with Crippen molar-refractivity contribution >= 4 is 5.91 Å². The zero-order valence-electron chi connectivity index (χ0n) is 11.4. The maximum Gasteiger partial charge on any atom is 0.224 e. The average molecular weight is 277 g/mol. The predicted molar refractivity (Wildman–Crippen MR) is 74.2 cm³/mol. The van der Waals surface area contributed by atoms with Crippen LogP contribution >= 0.6 is 0 Å². The Morgan fingerprint density at radius 3 is 3.00 bits per heavy atom. The van der Waals surface area contributed by atoms with Gasteiger partial charge in [-0.15, -0.1) is 0 Å². The average Bonchev–Trinajstić information content (AvgIpc) is 2.84. The first kappa shape index (κ1) is 13.5. The van der Waals surface area contributed by atoms with Crippen LogP contribution in [0.15, 0.2) is 18.2 Å². The molecule has 4 nitrogen and oxygen atoms in total. The third-order valence-electron chi connectivity index (χ3n) is 4.47. The number of nitrogens with two attached hydrogens (primary N) is 1. The van der Waals surface area contributed by atoms with Crippen LogP contribution in [0.1, 0.15) is 24.0 Å². The smallest absolute Gasteiger partial charge is 0.224 e. The van der Waals surface area contributed by atoms with Crippen molar-refractivity contribution in [3.8, 4) is 0 Å². The minimum Gasteiger partial charge on any atom is -0.354 e. The molecule has 5 heteroatoms. The second-order valence-corrected chi connectivity index (χ2v) is 5.63. The highest BCUT2D eigenvalue weighted by Gasteiger charge is 2.40. The summed E-state index contributed by atoms with van der Waals surface area (Å²) in [7, 11) is 0. The van der Waals surface area contributed by atoms with Gasteiger partial charge in [0, 0.05) is 36.8 Å². The minimum absolute atomic E-state index is 0.0736. The summed E-state index contributed by atoms with van der Waals surface area (Å²) in [5.74, 6) is 0.0230. The standard InChI is InChI=1S/C15H20FN3O/c16-14-10(7-17)3-1-4-11(14)9-19-6-2-5-12-13(19)8-18-15(12)20/h1,3-4,12-13H,2,5-9,17H2,(H,18,20). The first-order chi connectivity index (χ1) is 9.70. The lowest BCUT2D eigenvalue weighted by Crippen LogP contribution is -2.45. The largest absolute Gasteiger partial charge is 0.354 e. The number of likely N-dealkylation sites (tertiary alicyclic amines) is 1. The van der Waals surface area contributed by atoms with Crippen LogP contribution in [0.2, 0.25) is 0 Å². The summed E-state index contributed by atoms with van der Waals surface area (Å²) in [6, 6.07) is 5.58. The molecule has 0 bridgehead atoms. The number of amides is 1. The highest BCUT2D eigenvalue weighted by molar-refractivity contribution is 5.82. The number of carbonyl (C=O) groups excluding carboxylic acids is 1. The van der Waals surface area contributed by atoms with Crippen LogP contribution in [0.25, 0.3) is 0 Å². The molecule has 0 aliphatic carbocycles. The van der Waals surface area contributed by atoms with E-state index in [0.717, 1.165) is 19.4 Å². The van der Waals surface area contributed by atoms with Crippen molar-refractivity contribution in [1.29, 1.82) is 0 Å². The van der Waals surface area contributed by atoms with Gasteiger partial charge in [-0.3, -0.25) is 9.69 Å². The maximum absolute atomic E-state index is 14.3. The van der Waals surface area contributed by atoms with Crippen molar-refractivity contribution in [2.75, 3.05) is 13.1 Å². The van der Waals surface area contributed by atoms with Crippen molar-refractivity contribution in [2.45, 2.75) is 32.0 Å². The van der Waals surface area contributed by atoms with Crippen molar-refractivity contribution in [3.63, 3.8) is 0 Å². The lowest BCUT2D eigenvalue weighted by Gasteiger charge is -2.36. The molecule has 1 aromatic carbocycles. The number of piperidine rings is 1. The fraction of sp³-hybridized carbons (Fsp3) is 0.533. The van der Waals surface area contributed by atoms with E-state index in [1.807, 2.05) is 12.1 Å². The predicted octanol–water partition coefficient (Wildman–Crippen LogP) is 0.995. The van der Waals surface area contributed by atoms with Gasteiger partial charge in [-0.1, -0.05) is 18.2 Å². The Kier molecular flexibility index (Phi) is 3.72. The lowest BCUT2D eigenvalue weighted by atomic mass is 9.91. The molecule has 20 heavy (non-hydrogen) atoms. The Morgan fingerprint density at radius 2 is 2.20 bits per heavy atom. The second-order valence-electron chi connectivity index (χ2n) is 5.63. The van der Waals surface area contributed by atoms with Gasteiger partial charge in [0.05, 0.1) is 5.92 Å². The Bertz CT molecular complexity index is 520. The van der Waals surface area contributed by atoms with Crippen molar-refractivity contribution < 1.29 is 9.18 Å². The quantitative estimate of drug-likeness (QED) is 0.866. The first-order valence-electron chi connectivity index (χ1n) is 7.19. The number of nitrogens with zero attached hydrogens (tertiary/aromatic N) is 1. The van der Waals surface area contributed by atoms with Crippen LogP contribution in [0.5, 0.6) is 0 Å². The molecule has 3 N–H and O–H groups in total. The molecule has 2 atom stereocenters. The van der Waals surface area contributed by atoms with Gasteiger partial charge in [0.1, 0.15) is 5.82 Å². The maximum atomic E-state index is 14.3. The highest BCUT2D eigenvalue weighted by Crippen LogP contribution is 2.29. The molecule has 1 aromatic rings. The van der Waals surface area contributed by atoms with E-state index < -0.39 is 0 Å². The summed E-state index contributed by atoms with van der Waals surface area (Å²) < 4.78 is 14.3. The Hall–Kier alpha value is -1.46. The fourth-order valence-electron chi connectivity index (χ4n) is 3.37. The Labute approximate surface area is 118 Å². The monoisotopic (exact) mass is 277 g/mol. The van der Waals surface area contributed by atoms with Gasteiger partial charge < -0.3 is 11.1 Å². The van der Waals surface area contributed by atoms with Crippen LogP contribution in [-0.4, -0.2) is 29.9 Å². The summed E-state index contributed by atoms with van der Waals surface area (Å²) in [6.45, 7) is 2.37. The molecular formula is C15H20FN3O. The Balaban J connectivity index is 1.79. The zero-order valence-corrected chi connectivity index (χ0v) is 11.4. The first-order valence-corrected chi connectivity index (χ1v) is 7.19. The molecule has 0 spiro atoms. The molecule has 2 fully saturated rings. The van der Waals surface area contributed by atoms with E-state index >= 15 is 0 Å². The number of rotatable bonds is 3. The molecule has 108 valence electrons. The number of carbonyl (C=O) groups is 1. The SMILES string of the molecule is NCc1cccc(CN2CCCC3C(=O)NCC32)c1F. The van der Waals surface area contributed by atoms with Crippen molar-refractivity contribution in [1.82, 2.24) is 10.2 Å². The van der Waals surface area contributed by atoms with Gasteiger partial charge in [0.2, 0.25) is 5.91 Å². The van der Waals surface area contributed by atoms with Gasteiger partial charge in [0.25, 0.3) is 0 Å². The van der Waals surface area contributed by atoms with Gasteiger partial charge in [-0.2, -0.15) is 0 Å². The van der Waals surface area contributed by atoms with Crippen molar-refractivity contribution in [2.24, 2.45) is 11.7 Å². The van der Waals surface area contributed by atoms with E-state index in [2.05, 4.69) is 10.2 Å². The van der Waals surface area contributed by atoms with Crippen LogP contribution in [0.3, 0.4) is 0 Å². The van der Waals surface area contributed by atoms with E-state index in [4.69, 9.17) is 5.73 Å². The summed E-state index contributed by atoms with van der Waals surface area (Å²) >= 11 is 0. The van der Waals surface area contributed by atoms with E-state index in [1.54, 1.807) is 6.07 Å². The van der Waals surface area contributed by atoms with Gasteiger partial charge in [-0.05, 0) is 19.4 Å². The number of nitrogens with one attached hydrogen (secondary N) is 1. The molecule has 2 aliphatic rings.